The molecule has 0 bridgehead atoms. The predicted molar refractivity (Wildman–Crippen MR) is 212 cm³/mol. The quantitative estimate of drug-likeness (QED) is 0.0557. The first-order chi connectivity index (χ1) is 29.4. The number of carbonyl (C=O) groups excluding carboxylic acids is 2. The highest BCUT2D eigenvalue weighted by Crippen LogP contribution is 2.61. The highest BCUT2D eigenvalue weighted by Gasteiger charge is 2.75. The van der Waals surface area contributed by atoms with E-state index in [1.165, 1.54) is 69.4 Å². The molecule has 4 heterocycles. The van der Waals surface area contributed by atoms with E-state index in [9.17, 15) is 42.3 Å². The lowest BCUT2D eigenvalue weighted by molar-refractivity contribution is -0.122. The number of alkyl halides is 2. The van der Waals surface area contributed by atoms with Gasteiger partial charge in [-0.15, -0.1) is 23.2 Å². The number of allylic oxidation sites excluding steroid dienone is 3. The molecule has 1 saturated carbocycles. The Labute approximate surface area is 354 Å². The Hall–Kier alpha value is -6.41. The molecule has 0 radical (unpaired) electrons. The van der Waals surface area contributed by atoms with Crippen molar-refractivity contribution in [2.75, 3.05) is 26.2 Å². The molecule has 2 aromatic heterocycles. The number of anilines is 1. The van der Waals surface area contributed by atoms with Crippen LogP contribution in [-0.2, 0) is 36.1 Å². The Kier molecular flexibility index (Phi) is 10.2. The third-order valence-corrected chi connectivity index (χ3v) is 13.0. The number of carbonyl (C=O) groups is 2. The van der Waals surface area contributed by atoms with Crippen molar-refractivity contribution < 1.29 is 50.9 Å². The van der Waals surface area contributed by atoms with Gasteiger partial charge in [-0.2, -0.15) is 0 Å². The lowest BCUT2D eigenvalue weighted by Crippen LogP contribution is -2.60. The average Bonchev–Trinajstić information content (AvgIpc) is 3.59. The van der Waals surface area contributed by atoms with E-state index in [4.69, 9.17) is 37.4 Å². The van der Waals surface area contributed by atoms with E-state index in [-0.39, 0.29) is 47.2 Å². The highest BCUT2D eigenvalue weighted by molar-refractivity contribution is 6.58. The standard InChI is InChI=1S/C40H31Cl2F5N6O9/c1-49-22-15-27(62-4)26(61-3)14-21(22)48-20(34(49)55)10-11-50-37(58)51-12-9-18-19(7-5-17-6-8-24(54)25(13-17)60-2)40(42)36(57)52(33-31(46)29(44)28(43)30(45)32(33)47)35(56)39(40,41)16-23(18)53(51)38(50)59/h5-9,13-15,19,23,54H,10-12,16H2,1-4H3. The number of benzene rings is 3. The molecule has 15 nitrogen and oxygen atoms in total. The van der Waals surface area contributed by atoms with Gasteiger partial charge in [0.15, 0.2) is 56.0 Å². The van der Waals surface area contributed by atoms with Gasteiger partial charge < -0.3 is 23.9 Å². The summed E-state index contributed by atoms with van der Waals surface area (Å²) in [6.07, 6.45) is 3.05. The van der Waals surface area contributed by atoms with Gasteiger partial charge in [-0.05, 0) is 23.3 Å². The van der Waals surface area contributed by atoms with Crippen LogP contribution in [0.2, 0.25) is 0 Å². The number of methoxy groups -OCH3 is 3. The van der Waals surface area contributed by atoms with E-state index in [1.54, 1.807) is 12.1 Å². The second-order valence-corrected chi connectivity index (χ2v) is 15.8. The molecule has 3 aliphatic rings. The highest BCUT2D eigenvalue weighted by atomic mass is 35.5. The third-order valence-electron chi connectivity index (χ3n) is 11.5. The van der Waals surface area contributed by atoms with E-state index >= 15 is 8.78 Å². The maximum atomic E-state index is 15.3. The maximum Gasteiger partial charge on any atom is 0.347 e. The number of aryl methyl sites for hydroxylation is 2. The molecule has 4 unspecified atom stereocenters. The fraction of sp³-hybridized carbons (Fsp3) is 0.300. The van der Waals surface area contributed by atoms with Crippen LogP contribution in [0, 0.1) is 35.0 Å². The molecule has 62 heavy (non-hydrogen) atoms. The lowest BCUT2D eigenvalue weighted by Gasteiger charge is -2.47. The summed E-state index contributed by atoms with van der Waals surface area (Å²) < 4.78 is 93.9. The van der Waals surface area contributed by atoms with Crippen LogP contribution < -0.4 is 36.0 Å². The number of phenols is 1. The fourth-order valence-electron chi connectivity index (χ4n) is 8.41. The van der Waals surface area contributed by atoms with Crippen LogP contribution in [0.15, 0.2) is 62.4 Å². The van der Waals surface area contributed by atoms with Crippen molar-refractivity contribution in [1.82, 2.24) is 23.5 Å². The average molecular weight is 906 g/mol. The lowest BCUT2D eigenvalue weighted by atomic mass is 9.66. The summed E-state index contributed by atoms with van der Waals surface area (Å²) in [5.74, 6) is -16.9. The Bertz CT molecular complexity index is 3030. The molecular weight excluding hydrogens is 874 g/mol. The number of ether oxygens (including phenoxy) is 3. The zero-order chi connectivity index (χ0) is 44.9. The van der Waals surface area contributed by atoms with Crippen LogP contribution in [0.25, 0.3) is 17.1 Å². The molecule has 0 spiro atoms. The van der Waals surface area contributed by atoms with Crippen molar-refractivity contribution in [3.05, 3.63) is 120 Å². The zero-order valence-corrected chi connectivity index (χ0v) is 34.2. The molecule has 4 atom stereocenters. The second kappa shape index (κ2) is 14.9. The van der Waals surface area contributed by atoms with Crippen molar-refractivity contribution in [3.8, 4) is 23.0 Å². The zero-order valence-electron chi connectivity index (χ0n) is 32.6. The first-order valence-electron chi connectivity index (χ1n) is 18.4. The predicted octanol–water partition coefficient (Wildman–Crippen LogP) is 4.47. The molecular formula is C40H31Cl2F5N6O9. The number of aromatic nitrogens is 5. The first kappa shape index (κ1) is 42.3. The minimum Gasteiger partial charge on any atom is -0.504 e. The molecule has 2 fully saturated rings. The minimum atomic E-state index is -2.78. The van der Waals surface area contributed by atoms with E-state index in [1.807, 2.05) is 0 Å². The number of nitrogens with zero attached hydrogens (tertiary/aromatic N) is 6. The third kappa shape index (κ3) is 5.82. The van der Waals surface area contributed by atoms with Crippen LogP contribution in [0.1, 0.15) is 23.7 Å². The van der Waals surface area contributed by atoms with E-state index in [0.717, 1.165) is 13.9 Å². The van der Waals surface area contributed by atoms with Gasteiger partial charge in [0.2, 0.25) is 5.82 Å². The van der Waals surface area contributed by atoms with Gasteiger partial charge in [-0.1, -0.05) is 24.3 Å². The minimum absolute atomic E-state index is 0.0184. The van der Waals surface area contributed by atoms with Crippen LogP contribution in [0.5, 0.6) is 23.0 Å². The van der Waals surface area contributed by atoms with Crippen LogP contribution in [0.3, 0.4) is 0 Å². The molecule has 1 N–H and O–H groups in total. The summed E-state index contributed by atoms with van der Waals surface area (Å²) in [5.41, 5.74) is -3.11. The topological polar surface area (TPSA) is 169 Å². The van der Waals surface area contributed by atoms with Crippen LogP contribution >= 0.6 is 23.2 Å². The monoisotopic (exact) mass is 904 g/mol. The second-order valence-electron chi connectivity index (χ2n) is 14.6. The molecule has 22 heteroatoms. The molecule has 8 rings (SSSR count). The molecule has 2 amide bonds. The largest absolute Gasteiger partial charge is 0.504 e. The van der Waals surface area contributed by atoms with Gasteiger partial charge in [0.05, 0.1) is 44.9 Å². The van der Waals surface area contributed by atoms with E-state index in [0.29, 0.717) is 28.1 Å². The smallest absolute Gasteiger partial charge is 0.347 e. The van der Waals surface area contributed by atoms with Gasteiger partial charge in [-0.25, -0.2) is 55.4 Å². The van der Waals surface area contributed by atoms with Gasteiger partial charge >= 0.3 is 11.4 Å². The van der Waals surface area contributed by atoms with Crippen LogP contribution in [0.4, 0.5) is 27.6 Å². The summed E-state index contributed by atoms with van der Waals surface area (Å²) in [4.78, 5) is 69.2. The van der Waals surface area contributed by atoms with Crippen molar-refractivity contribution in [3.63, 3.8) is 0 Å². The number of imide groups is 1. The van der Waals surface area contributed by atoms with Gasteiger partial charge in [0.1, 0.15) is 11.4 Å². The molecule has 3 aromatic carbocycles. The molecule has 1 saturated heterocycles. The van der Waals surface area contributed by atoms with Crippen molar-refractivity contribution >= 4 is 57.8 Å². The van der Waals surface area contributed by atoms with Gasteiger partial charge in [-0.3, -0.25) is 14.4 Å². The first-order valence-corrected chi connectivity index (χ1v) is 19.2. The molecule has 5 aromatic rings. The number of amides is 2. The van der Waals surface area contributed by atoms with Crippen LogP contribution in [-0.4, -0.2) is 71.5 Å². The van der Waals surface area contributed by atoms with Gasteiger partial charge in [0, 0.05) is 44.5 Å². The Balaban J connectivity index is 1.24. The summed E-state index contributed by atoms with van der Waals surface area (Å²) in [5, 5.41) is 10.1. The summed E-state index contributed by atoms with van der Waals surface area (Å²) in [6, 6.07) is 5.81. The number of phenolic OH excluding ortho intramolecular Hbond substituents is 1. The number of halogens is 7. The Morgan fingerprint density at radius 1 is 0.855 bits per heavy atom. The molecule has 324 valence electrons. The van der Waals surface area contributed by atoms with Crippen molar-refractivity contribution in [2.24, 2.45) is 13.0 Å². The Morgan fingerprint density at radius 3 is 2.13 bits per heavy atom. The number of hydrogen-bond acceptors (Lipinski definition) is 10. The molecule has 1 aliphatic carbocycles. The molecule has 2 aliphatic heterocycles. The number of aromatic hydroxyl groups is 1. The number of hydrogen-bond donors (Lipinski definition) is 1. The fourth-order valence-corrected chi connectivity index (χ4v) is 9.28. The van der Waals surface area contributed by atoms with E-state index in [2.05, 4.69) is 4.98 Å². The van der Waals surface area contributed by atoms with Crippen molar-refractivity contribution in [1.29, 1.82) is 0 Å². The Morgan fingerprint density at radius 2 is 1.48 bits per heavy atom. The summed E-state index contributed by atoms with van der Waals surface area (Å²) in [7, 11) is 5.63. The SMILES string of the molecule is COc1cc(C=CC2C3=CCn4c(=O)n(CCc5nc6cc(OC)c(OC)cc6n(C)c5=O)c(=O)n4C3CC3(Cl)C(=O)N(c4c(F)c(F)c(F)c(F)c4F)C(=O)C23Cl)ccc1O. The number of fused-ring (bicyclic) bond motifs is 5. The van der Waals surface area contributed by atoms with Gasteiger partial charge in [0.25, 0.3) is 17.4 Å². The summed E-state index contributed by atoms with van der Waals surface area (Å²) in [6.45, 7) is -0.704. The summed E-state index contributed by atoms with van der Waals surface area (Å²) >= 11 is 14.2. The van der Waals surface area contributed by atoms with E-state index < -0.39 is 91.7 Å². The normalized spacial score (nSPS) is 21.9. The van der Waals surface area contributed by atoms with Crippen molar-refractivity contribution in [2.45, 2.75) is 41.7 Å². The number of rotatable bonds is 9. The maximum absolute atomic E-state index is 15.3.